The fourth-order valence-electron chi connectivity index (χ4n) is 4.79. The van der Waals surface area contributed by atoms with Gasteiger partial charge in [0, 0.05) is 46.4 Å². The fourth-order valence-corrected chi connectivity index (χ4v) is 6.24. The number of piperazine rings is 1. The van der Waals surface area contributed by atoms with Crippen molar-refractivity contribution in [2.24, 2.45) is 0 Å². The van der Waals surface area contributed by atoms with Gasteiger partial charge in [-0.05, 0) is 31.0 Å². The van der Waals surface area contributed by atoms with Crippen LogP contribution in [-0.2, 0) is 21.3 Å². The van der Waals surface area contributed by atoms with Gasteiger partial charge in [0.15, 0.2) is 11.3 Å². The van der Waals surface area contributed by atoms with E-state index in [4.69, 9.17) is 14.5 Å². The molecule has 4 heterocycles. The van der Waals surface area contributed by atoms with Gasteiger partial charge in [0.05, 0.1) is 23.7 Å². The molecular formula is C25H34N8O5S. The molecule has 0 unspecified atom stereocenters. The van der Waals surface area contributed by atoms with Crippen molar-refractivity contribution in [1.29, 1.82) is 0 Å². The summed E-state index contributed by atoms with van der Waals surface area (Å²) in [4.78, 5) is 23.4. The van der Waals surface area contributed by atoms with Crippen molar-refractivity contribution in [1.82, 2.24) is 38.3 Å². The minimum Gasteiger partial charge on any atom is -0.493 e. The van der Waals surface area contributed by atoms with Crippen LogP contribution in [0.5, 0.6) is 5.75 Å². The molecule has 0 atom stereocenters. The molecule has 210 valence electrons. The number of hydrogen-bond acceptors (Lipinski definition) is 9. The van der Waals surface area contributed by atoms with Crippen LogP contribution in [0.4, 0.5) is 0 Å². The lowest BCUT2D eigenvalue weighted by atomic mass is 10.2. The van der Waals surface area contributed by atoms with Gasteiger partial charge < -0.3 is 14.5 Å². The van der Waals surface area contributed by atoms with Crippen LogP contribution in [0, 0.1) is 0 Å². The minimum absolute atomic E-state index is 0.158. The maximum absolute atomic E-state index is 13.7. The largest absolute Gasteiger partial charge is 0.493 e. The summed E-state index contributed by atoms with van der Waals surface area (Å²) in [5, 5.41) is 8.02. The fraction of sp³-hybridized carbons (Fsp3) is 0.520. The van der Waals surface area contributed by atoms with Gasteiger partial charge in [-0.2, -0.15) is 4.31 Å². The summed E-state index contributed by atoms with van der Waals surface area (Å²) in [5.74, 6) is 0.888. The number of nitrogens with zero attached hydrogens (tertiary/aromatic N) is 7. The molecule has 3 aromatic heterocycles. The monoisotopic (exact) mass is 558 g/mol. The first-order valence-corrected chi connectivity index (χ1v) is 14.6. The molecule has 1 aliphatic heterocycles. The molecule has 0 saturated carbocycles. The zero-order chi connectivity index (χ0) is 27.6. The number of hydrogen-bond donors (Lipinski definition) is 1. The number of fused-ring (bicyclic) bond motifs is 3. The summed E-state index contributed by atoms with van der Waals surface area (Å²) in [6, 6.07) is 4.85. The quantitative estimate of drug-likeness (QED) is 0.291. The third-order valence-corrected chi connectivity index (χ3v) is 8.74. The third kappa shape index (κ3) is 5.16. The summed E-state index contributed by atoms with van der Waals surface area (Å²) < 4.78 is 42.9. The van der Waals surface area contributed by atoms with Gasteiger partial charge in [-0.15, -0.1) is 10.2 Å². The first-order chi connectivity index (χ1) is 18.9. The zero-order valence-corrected chi connectivity index (χ0v) is 23.3. The van der Waals surface area contributed by atoms with E-state index in [9.17, 15) is 13.2 Å². The number of benzene rings is 1. The molecule has 1 fully saturated rings. The molecular weight excluding hydrogens is 524 g/mol. The maximum Gasteiger partial charge on any atom is 0.336 e. The SMILES string of the molecule is CCCOc1ccc(S(=O)(=O)N2CCN(CCOC)CC2)cc1-c1nc2c([nH]1)c1nncn1c(=O)n2CCC. The molecule has 1 saturated heterocycles. The van der Waals surface area contributed by atoms with Crippen molar-refractivity contribution >= 4 is 26.8 Å². The Hall–Kier alpha value is -3.33. The minimum atomic E-state index is -3.76. The van der Waals surface area contributed by atoms with E-state index < -0.39 is 10.0 Å². The average molecular weight is 559 g/mol. The predicted octanol–water partition coefficient (Wildman–Crippen LogP) is 1.59. The Morgan fingerprint density at radius 1 is 1.03 bits per heavy atom. The summed E-state index contributed by atoms with van der Waals surface area (Å²) in [5.41, 5.74) is 1.53. The molecule has 1 aliphatic rings. The Morgan fingerprint density at radius 3 is 2.54 bits per heavy atom. The molecule has 0 spiro atoms. The van der Waals surface area contributed by atoms with Crippen LogP contribution < -0.4 is 10.4 Å². The highest BCUT2D eigenvalue weighted by atomic mass is 32.2. The molecule has 5 rings (SSSR count). The first kappa shape index (κ1) is 27.2. The lowest BCUT2D eigenvalue weighted by molar-refractivity contribution is 0.123. The summed E-state index contributed by atoms with van der Waals surface area (Å²) >= 11 is 0. The van der Waals surface area contributed by atoms with Crippen molar-refractivity contribution in [2.75, 3.05) is 53.0 Å². The summed E-state index contributed by atoms with van der Waals surface area (Å²) in [6.45, 7) is 8.34. The number of aromatic amines is 1. The number of nitrogens with one attached hydrogen (secondary N) is 1. The van der Waals surface area contributed by atoms with E-state index in [0.717, 1.165) is 19.4 Å². The summed E-state index contributed by atoms with van der Waals surface area (Å²) in [7, 11) is -2.10. The number of H-pyrrole nitrogens is 1. The van der Waals surface area contributed by atoms with Crippen LogP contribution >= 0.6 is 0 Å². The van der Waals surface area contributed by atoms with Gasteiger partial charge >= 0.3 is 5.69 Å². The van der Waals surface area contributed by atoms with Crippen LogP contribution in [0.2, 0.25) is 0 Å². The molecule has 14 heteroatoms. The van der Waals surface area contributed by atoms with Crippen LogP contribution in [0.1, 0.15) is 26.7 Å². The molecule has 0 amide bonds. The van der Waals surface area contributed by atoms with Crippen molar-refractivity contribution in [3.8, 4) is 17.1 Å². The maximum atomic E-state index is 13.7. The van der Waals surface area contributed by atoms with E-state index >= 15 is 0 Å². The van der Waals surface area contributed by atoms with Gasteiger partial charge in [0.2, 0.25) is 10.0 Å². The summed E-state index contributed by atoms with van der Waals surface area (Å²) in [6.07, 6.45) is 2.88. The van der Waals surface area contributed by atoms with Crippen molar-refractivity contribution in [2.45, 2.75) is 38.1 Å². The van der Waals surface area contributed by atoms with E-state index in [0.29, 0.717) is 79.9 Å². The molecule has 0 aliphatic carbocycles. The van der Waals surface area contributed by atoms with Gasteiger partial charge in [-0.1, -0.05) is 13.8 Å². The van der Waals surface area contributed by atoms with Crippen LogP contribution in [0.3, 0.4) is 0 Å². The van der Waals surface area contributed by atoms with E-state index in [1.165, 1.54) is 15.0 Å². The van der Waals surface area contributed by atoms with Crippen LogP contribution in [-0.4, -0.2) is 99.8 Å². The number of imidazole rings is 1. The van der Waals surface area contributed by atoms with E-state index in [-0.39, 0.29) is 10.6 Å². The molecule has 0 radical (unpaired) electrons. The number of aromatic nitrogens is 6. The molecule has 13 nitrogen and oxygen atoms in total. The van der Waals surface area contributed by atoms with Crippen molar-refractivity contribution in [3.63, 3.8) is 0 Å². The smallest absolute Gasteiger partial charge is 0.336 e. The Kier molecular flexibility index (Phi) is 7.98. The second-order valence-corrected chi connectivity index (χ2v) is 11.4. The standard InChI is InChI=1S/C25H34N8O5S/c1-4-8-32-23-21(24-29-26-17-33(24)25(32)34)27-22(28-23)19-16-18(6-7-20(19)38-14-5-2)39(35,36)31-11-9-30(10-12-31)13-15-37-3/h6-7,16-17H,4-5,8-15H2,1-3H3,(H,27,28). The van der Waals surface area contributed by atoms with Gasteiger partial charge in [0.25, 0.3) is 0 Å². The van der Waals surface area contributed by atoms with E-state index in [1.54, 1.807) is 29.9 Å². The first-order valence-electron chi connectivity index (χ1n) is 13.2. The van der Waals surface area contributed by atoms with Crippen LogP contribution in [0.15, 0.2) is 34.2 Å². The second-order valence-electron chi connectivity index (χ2n) is 9.49. The second kappa shape index (κ2) is 11.4. The lowest BCUT2D eigenvalue weighted by Gasteiger charge is -2.33. The number of ether oxygens (including phenoxy) is 2. The highest BCUT2D eigenvalue weighted by Gasteiger charge is 2.30. The van der Waals surface area contributed by atoms with E-state index in [2.05, 4.69) is 20.1 Å². The number of methoxy groups -OCH3 is 1. The molecule has 4 aromatic rings. The predicted molar refractivity (Wildman–Crippen MR) is 145 cm³/mol. The number of aryl methyl sites for hydroxylation is 1. The highest BCUT2D eigenvalue weighted by Crippen LogP contribution is 2.33. The third-order valence-electron chi connectivity index (χ3n) is 6.84. The Balaban J connectivity index is 1.57. The van der Waals surface area contributed by atoms with Gasteiger partial charge in [-0.3, -0.25) is 9.47 Å². The number of rotatable bonds is 11. The molecule has 1 aromatic carbocycles. The Morgan fingerprint density at radius 2 is 1.82 bits per heavy atom. The zero-order valence-electron chi connectivity index (χ0n) is 22.5. The Bertz CT molecular complexity index is 1620. The normalized spacial score (nSPS) is 15.5. The van der Waals surface area contributed by atoms with Crippen molar-refractivity contribution < 1.29 is 17.9 Å². The van der Waals surface area contributed by atoms with Gasteiger partial charge in [-0.25, -0.2) is 22.6 Å². The molecule has 0 bridgehead atoms. The van der Waals surface area contributed by atoms with Crippen molar-refractivity contribution in [3.05, 3.63) is 35.0 Å². The highest BCUT2D eigenvalue weighted by molar-refractivity contribution is 7.89. The lowest BCUT2D eigenvalue weighted by Crippen LogP contribution is -2.49. The molecule has 39 heavy (non-hydrogen) atoms. The average Bonchev–Trinajstić information content (AvgIpc) is 3.61. The Labute approximate surface area is 226 Å². The molecule has 1 N–H and O–H groups in total. The van der Waals surface area contributed by atoms with Crippen LogP contribution in [0.25, 0.3) is 28.2 Å². The number of sulfonamides is 1. The van der Waals surface area contributed by atoms with Gasteiger partial charge in [0.1, 0.15) is 23.4 Å². The van der Waals surface area contributed by atoms with E-state index in [1.807, 2.05) is 13.8 Å². The topological polar surface area (TPSA) is 140 Å².